The summed E-state index contributed by atoms with van der Waals surface area (Å²) in [5.41, 5.74) is 3.20. The second kappa shape index (κ2) is 11.8. The molecular weight excluding hydrogens is 596 g/mol. The Balaban J connectivity index is 0.000000160. The maximum atomic E-state index is 13.0. The fraction of sp³-hybridized carbons (Fsp3) is 0.364. The number of H-pyrrole nitrogens is 1. The Bertz CT molecular complexity index is 1980. The van der Waals surface area contributed by atoms with E-state index in [1.807, 2.05) is 57.3 Å². The molecule has 0 saturated carbocycles. The van der Waals surface area contributed by atoms with Crippen molar-refractivity contribution in [3.8, 4) is 11.5 Å². The first-order valence-electron chi connectivity index (χ1n) is 14.9. The molecule has 0 saturated heterocycles. The number of nitrogens with one attached hydrogen (secondary N) is 2. The molecule has 5 aromatic rings. The topological polar surface area (TPSA) is 128 Å². The van der Waals surface area contributed by atoms with Crippen molar-refractivity contribution in [2.75, 3.05) is 26.3 Å². The lowest BCUT2D eigenvalue weighted by molar-refractivity contribution is 0.0226. The molecule has 2 aliphatic heterocycles. The quantitative estimate of drug-likeness (QED) is 0.247. The average Bonchev–Trinajstić information content (AvgIpc) is 3.62. The molecule has 7 rings (SSSR count). The first kappa shape index (κ1) is 30.6. The Morgan fingerprint density at radius 1 is 0.956 bits per heavy atom. The zero-order valence-electron chi connectivity index (χ0n) is 26.1. The molecule has 12 heteroatoms. The van der Waals surface area contributed by atoms with Gasteiger partial charge in [0.25, 0.3) is 10.0 Å². The van der Waals surface area contributed by atoms with E-state index in [4.69, 9.17) is 18.6 Å². The molecule has 0 aliphatic carbocycles. The third kappa shape index (κ3) is 6.12. The molecule has 238 valence electrons. The number of nitrogens with zero attached hydrogens (tertiary/aromatic N) is 2. The smallest absolute Gasteiger partial charge is 0.410 e. The fourth-order valence-electron chi connectivity index (χ4n) is 5.67. The van der Waals surface area contributed by atoms with Crippen molar-refractivity contribution in [2.45, 2.75) is 58.2 Å². The van der Waals surface area contributed by atoms with Gasteiger partial charge in [-0.3, -0.25) is 0 Å². The Labute approximate surface area is 262 Å². The molecule has 2 aliphatic rings. The summed E-state index contributed by atoms with van der Waals surface area (Å²) in [6.45, 7) is 12.5. The van der Waals surface area contributed by atoms with E-state index in [9.17, 15) is 13.2 Å². The number of amides is 1. The van der Waals surface area contributed by atoms with Gasteiger partial charge >= 0.3 is 6.09 Å². The SMILES string of the molecule is CC(C)(C)OC(=O)N1CCOc2ccc3[nH]ccc3c2C1.Cc1cc(S(=O)(=O)n2ccc3c4c(ccc32)OCCNC4)c(C)o1. The summed E-state index contributed by atoms with van der Waals surface area (Å²) in [5, 5.41) is 5.25. The third-order valence-electron chi connectivity index (χ3n) is 7.70. The van der Waals surface area contributed by atoms with Crippen LogP contribution >= 0.6 is 0 Å². The number of carbonyl (C=O) groups excluding carboxylic acids is 1. The van der Waals surface area contributed by atoms with Gasteiger partial charge in [-0.1, -0.05) is 0 Å². The number of ether oxygens (including phenoxy) is 3. The van der Waals surface area contributed by atoms with Crippen LogP contribution < -0.4 is 14.8 Å². The number of rotatable bonds is 2. The third-order valence-corrected chi connectivity index (χ3v) is 9.50. The lowest BCUT2D eigenvalue weighted by Crippen LogP contribution is -2.37. The molecule has 0 bridgehead atoms. The van der Waals surface area contributed by atoms with E-state index in [0.29, 0.717) is 49.9 Å². The van der Waals surface area contributed by atoms with Gasteiger partial charge in [0.05, 0.1) is 18.6 Å². The van der Waals surface area contributed by atoms with Crippen LogP contribution in [0.3, 0.4) is 0 Å². The van der Waals surface area contributed by atoms with Gasteiger partial charge in [0.2, 0.25) is 0 Å². The van der Waals surface area contributed by atoms with E-state index in [-0.39, 0.29) is 11.0 Å². The van der Waals surface area contributed by atoms with Crippen LogP contribution in [0.15, 0.2) is 64.2 Å². The van der Waals surface area contributed by atoms with Crippen LogP contribution in [0.2, 0.25) is 0 Å². The number of hydrogen-bond acceptors (Lipinski definition) is 8. The Hall–Kier alpha value is -4.42. The number of furan rings is 1. The minimum absolute atomic E-state index is 0.196. The summed E-state index contributed by atoms with van der Waals surface area (Å²) >= 11 is 0. The van der Waals surface area contributed by atoms with Gasteiger partial charge in [-0.05, 0) is 71.0 Å². The number of carbonyl (C=O) groups is 1. The van der Waals surface area contributed by atoms with Crippen LogP contribution in [0.1, 0.15) is 43.4 Å². The van der Waals surface area contributed by atoms with Gasteiger partial charge in [0.1, 0.15) is 46.7 Å². The van der Waals surface area contributed by atoms with Crippen LogP contribution in [-0.2, 0) is 27.8 Å². The van der Waals surface area contributed by atoms with E-state index in [1.54, 1.807) is 37.1 Å². The molecule has 1 amide bonds. The van der Waals surface area contributed by atoms with Gasteiger partial charge in [0.15, 0.2) is 0 Å². The van der Waals surface area contributed by atoms with Gasteiger partial charge < -0.3 is 33.8 Å². The van der Waals surface area contributed by atoms with Crippen molar-refractivity contribution in [2.24, 2.45) is 0 Å². The molecule has 0 atom stereocenters. The van der Waals surface area contributed by atoms with Crippen molar-refractivity contribution >= 4 is 37.9 Å². The highest BCUT2D eigenvalue weighted by atomic mass is 32.2. The Morgan fingerprint density at radius 3 is 2.47 bits per heavy atom. The minimum atomic E-state index is -3.71. The number of benzene rings is 2. The maximum absolute atomic E-state index is 13.0. The van der Waals surface area contributed by atoms with Crippen molar-refractivity contribution < 1.29 is 31.8 Å². The predicted octanol–water partition coefficient (Wildman–Crippen LogP) is 5.87. The number of aryl methyl sites for hydroxylation is 2. The van der Waals surface area contributed by atoms with E-state index in [0.717, 1.165) is 45.5 Å². The monoisotopic (exact) mass is 634 g/mol. The number of aromatic nitrogens is 2. The number of fused-ring (bicyclic) bond motifs is 6. The summed E-state index contributed by atoms with van der Waals surface area (Å²) in [4.78, 5) is 17.4. The lowest BCUT2D eigenvalue weighted by atomic mass is 10.1. The molecule has 11 nitrogen and oxygen atoms in total. The normalized spacial score (nSPS) is 15.2. The molecular formula is C33H38N4O7S. The zero-order valence-corrected chi connectivity index (χ0v) is 26.9. The standard InChI is InChI=1S/C17H18N2O4S.C16H20N2O3/c1-11-9-17(12(2)23-11)24(20,21)19-7-5-13-14-10-18-6-8-22-16(14)4-3-15(13)19;1-16(2,3)21-15(19)18-8-9-20-14-5-4-13-11(6-7-17-13)12(14)10-18/h3-5,7,9,18H,6,8,10H2,1-2H3;4-7,17H,8-10H2,1-3H3. The van der Waals surface area contributed by atoms with Crippen molar-refractivity contribution in [1.29, 1.82) is 0 Å². The highest BCUT2D eigenvalue weighted by molar-refractivity contribution is 7.90. The second-order valence-electron chi connectivity index (χ2n) is 12.1. The zero-order chi connectivity index (χ0) is 31.9. The van der Waals surface area contributed by atoms with Crippen LogP contribution in [0.5, 0.6) is 11.5 Å². The van der Waals surface area contributed by atoms with Crippen LogP contribution in [0.4, 0.5) is 4.79 Å². The highest BCUT2D eigenvalue weighted by Crippen LogP contribution is 2.33. The van der Waals surface area contributed by atoms with E-state index < -0.39 is 15.6 Å². The van der Waals surface area contributed by atoms with E-state index >= 15 is 0 Å². The highest BCUT2D eigenvalue weighted by Gasteiger charge is 2.27. The molecule has 45 heavy (non-hydrogen) atoms. The Morgan fingerprint density at radius 2 is 1.71 bits per heavy atom. The van der Waals surface area contributed by atoms with Gasteiger partial charge in [-0.2, -0.15) is 0 Å². The van der Waals surface area contributed by atoms with Gasteiger partial charge in [-0.15, -0.1) is 0 Å². The van der Waals surface area contributed by atoms with E-state index in [2.05, 4.69) is 10.3 Å². The first-order valence-corrected chi connectivity index (χ1v) is 16.3. The molecule has 3 aromatic heterocycles. The number of aromatic amines is 1. The maximum Gasteiger partial charge on any atom is 0.410 e. The summed E-state index contributed by atoms with van der Waals surface area (Å²) in [5.74, 6) is 2.62. The molecule has 2 N–H and O–H groups in total. The lowest BCUT2D eigenvalue weighted by Gasteiger charge is -2.26. The summed E-state index contributed by atoms with van der Waals surface area (Å²) < 4.78 is 49.7. The molecule has 2 aromatic carbocycles. The minimum Gasteiger partial charge on any atom is -0.492 e. The number of hydrogen-bond donors (Lipinski definition) is 2. The van der Waals surface area contributed by atoms with Gasteiger partial charge in [0, 0.05) is 59.0 Å². The molecule has 5 heterocycles. The predicted molar refractivity (Wildman–Crippen MR) is 170 cm³/mol. The van der Waals surface area contributed by atoms with Crippen molar-refractivity contribution in [3.63, 3.8) is 0 Å². The fourth-order valence-corrected chi connectivity index (χ4v) is 7.24. The molecule has 0 spiro atoms. The molecule has 0 fully saturated rings. The van der Waals surface area contributed by atoms with Crippen LogP contribution in [0.25, 0.3) is 21.8 Å². The van der Waals surface area contributed by atoms with E-state index in [1.165, 1.54) is 3.97 Å². The van der Waals surface area contributed by atoms with Gasteiger partial charge in [-0.25, -0.2) is 17.2 Å². The summed E-state index contributed by atoms with van der Waals surface area (Å²) in [7, 11) is -3.71. The molecule has 0 radical (unpaired) electrons. The summed E-state index contributed by atoms with van der Waals surface area (Å²) in [6.07, 6.45) is 3.19. The van der Waals surface area contributed by atoms with Crippen molar-refractivity contribution in [3.05, 3.63) is 77.5 Å². The summed E-state index contributed by atoms with van der Waals surface area (Å²) in [6, 6.07) is 13.0. The van der Waals surface area contributed by atoms with Crippen LogP contribution in [-0.4, -0.2) is 60.3 Å². The van der Waals surface area contributed by atoms with Crippen molar-refractivity contribution in [1.82, 2.24) is 19.2 Å². The molecule has 0 unspecified atom stereocenters. The Kier molecular flexibility index (Phi) is 8.04. The largest absolute Gasteiger partial charge is 0.492 e. The average molecular weight is 635 g/mol. The van der Waals surface area contributed by atoms with Crippen LogP contribution in [0, 0.1) is 13.8 Å². The first-order chi connectivity index (χ1) is 21.4. The second-order valence-corrected chi connectivity index (χ2v) is 13.9.